The molecule has 6 heteroatoms. The standard InChI is InChI=1S/C24H25F5O/c1-2-3-4-5-16-6-8-17(9-7-16)18-10-12-19(13-11-18)24(28,29)30-20-14-21(25)23(27)22(26)15-20/h4-5,10-17H,2-3,6-9H2,1H3. The number of allylic oxidation sites excluding steroid dienone is 2. The van der Waals surface area contributed by atoms with Gasteiger partial charge in [0.15, 0.2) is 17.5 Å². The number of hydrogen-bond acceptors (Lipinski definition) is 1. The molecule has 3 rings (SSSR count). The number of halogens is 5. The predicted molar refractivity (Wildman–Crippen MR) is 106 cm³/mol. The van der Waals surface area contributed by atoms with Crippen LogP contribution >= 0.6 is 0 Å². The predicted octanol–water partition coefficient (Wildman–Crippen LogP) is 7.86. The summed E-state index contributed by atoms with van der Waals surface area (Å²) in [5.41, 5.74) is 0.553. The minimum absolute atomic E-state index is 0.324. The van der Waals surface area contributed by atoms with E-state index in [-0.39, 0.29) is 0 Å². The van der Waals surface area contributed by atoms with Gasteiger partial charge in [0, 0.05) is 12.1 Å². The van der Waals surface area contributed by atoms with Gasteiger partial charge in [-0.3, -0.25) is 0 Å². The van der Waals surface area contributed by atoms with Gasteiger partial charge in [-0.1, -0.05) is 37.6 Å². The first-order valence-electron chi connectivity index (χ1n) is 10.3. The molecule has 0 amide bonds. The molecule has 1 fully saturated rings. The molecule has 0 aliphatic heterocycles. The summed E-state index contributed by atoms with van der Waals surface area (Å²) in [7, 11) is 0. The van der Waals surface area contributed by atoms with Crippen LogP contribution in [0.1, 0.15) is 62.5 Å². The molecule has 0 spiro atoms. The fourth-order valence-corrected chi connectivity index (χ4v) is 3.85. The Bertz CT molecular complexity index is 845. The van der Waals surface area contributed by atoms with E-state index in [1.807, 2.05) is 0 Å². The lowest BCUT2D eigenvalue weighted by atomic mass is 9.78. The first-order chi connectivity index (χ1) is 14.3. The molecule has 0 heterocycles. The van der Waals surface area contributed by atoms with Gasteiger partial charge in [0.1, 0.15) is 5.75 Å². The zero-order chi connectivity index (χ0) is 21.7. The van der Waals surface area contributed by atoms with Crippen LogP contribution in [0, 0.1) is 23.4 Å². The Kier molecular flexibility index (Phi) is 7.16. The zero-order valence-electron chi connectivity index (χ0n) is 16.8. The molecular weight excluding hydrogens is 399 g/mol. The molecule has 0 bridgehead atoms. The Morgan fingerprint density at radius 2 is 1.57 bits per heavy atom. The maximum atomic E-state index is 14.4. The number of ether oxygens (including phenoxy) is 1. The van der Waals surface area contributed by atoms with E-state index in [0.717, 1.165) is 44.1 Å². The van der Waals surface area contributed by atoms with E-state index in [9.17, 15) is 22.0 Å². The Labute approximate surface area is 173 Å². The van der Waals surface area contributed by atoms with Crippen LogP contribution in [-0.4, -0.2) is 0 Å². The van der Waals surface area contributed by atoms with Gasteiger partial charge < -0.3 is 4.74 Å². The van der Waals surface area contributed by atoms with Crippen molar-refractivity contribution in [1.82, 2.24) is 0 Å². The van der Waals surface area contributed by atoms with Crippen LogP contribution < -0.4 is 4.74 Å². The minimum atomic E-state index is -3.81. The molecule has 162 valence electrons. The van der Waals surface area contributed by atoms with Crippen molar-refractivity contribution < 1.29 is 26.7 Å². The highest BCUT2D eigenvalue weighted by molar-refractivity contribution is 5.30. The maximum absolute atomic E-state index is 14.4. The molecule has 1 saturated carbocycles. The molecule has 1 aliphatic carbocycles. The van der Waals surface area contributed by atoms with E-state index in [0.29, 0.717) is 24.0 Å². The van der Waals surface area contributed by atoms with Crippen molar-refractivity contribution >= 4 is 0 Å². The molecule has 0 aromatic heterocycles. The maximum Gasteiger partial charge on any atom is 0.426 e. The Hall–Kier alpha value is -2.37. The summed E-state index contributed by atoms with van der Waals surface area (Å²) in [6, 6.07) is 6.62. The van der Waals surface area contributed by atoms with Crippen molar-refractivity contribution in [3.8, 4) is 5.75 Å². The highest BCUT2D eigenvalue weighted by Crippen LogP contribution is 2.38. The lowest BCUT2D eigenvalue weighted by Crippen LogP contribution is -2.22. The van der Waals surface area contributed by atoms with Gasteiger partial charge in [0.25, 0.3) is 0 Å². The average Bonchev–Trinajstić information content (AvgIpc) is 2.72. The van der Waals surface area contributed by atoms with Crippen LogP contribution in [0.15, 0.2) is 48.6 Å². The van der Waals surface area contributed by atoms with Crippen LogP contribution in [0.2, 0.25) is 0 Å². The fraction of sp³-hybridized carbons (Fsp3) is 0.417. The summed E-state index contributed by atoms with van der Waals surface area (Å²) in [6.45, 7) is 2.15. The first kappa shape index (κ1) is 22.3. The quantitative estimate of drug-likeness (QED) is 0.250. The first-order valence-corrected chi connectivity index (χ1v) is 10.3. The van der Waals surface area contributed by atoms with Crippen molar-refractivity contribution in [2.24, 2.45) is 5.92 Å². The topological polar surface area (TPSA) is 9.23 Å². The summed E-state index contributed by atoms with van der Waals surface area (Å²) in [6.07, 6.45) is 7.11. The van der Waals surface area contributed by atoms with Gasteiger partial charge in [-0.25, -0.2) is 13.2 Å². The third-order valence-corrected chi connectivity index (χ3v) is 5.56. The summed E-state index contributed by atoms with van der Waals surface area (Å²) < 4.78 is 72.8. The van der Waals surface area contributed by atoms with Crippen LogP contribution in [0.5, 0.6) is 5.75 Å². The van der Waals surface area contributed by atoms with Gasteiger partial charge >= 0.3 is 6.11 Å². The minimum Gasteiger partial charge on any atom is -0.429 e. The number of unbranched alkanes of at least 4 members (excludes halogenated alkanes) is 1. The van der Waals surface area contributed by atoms with Gasteiger partial charge in [0.05, 0.1) is 5.56 Å². The van der Waals surface area contributed by atoms with Crippen molar-refractivity contribution in [2.45, 2.75) is 57.5 Å². The van der Waals surface area contributed by atoms with Gasteiger partial charge in [-0.2, -0.15) is 8.78 Å². The Morgan fingerprint density at radius 3 is 2.13 bits per heavy atom. The van der Waals surface area contributed by atoms with E-state index in [1.54, 1.807) is 12.1 Å². The number of rotatable bonds is 7. The second-order valence-electron chi connectivity index (χ2n) is 7.77. The third kappa shape index (κ3) is 5.41. The van der Waals surface area contributed by atoms with Gasteiger partial charge in [-0.15, -0.1) is 0 Å². The molecule has 0 atom stereocenters. The number of alkyl halides is 2. The molecule has 0 unspecified atom stereocenters. The van der Waals surface area contributed by atoms with Crippen LogP contribution in [-0.2, 0) is 6.11 Å². The second-order valence-corrected chi connectivity index (χ2v) is 7.77. The van der Waals surface area contributed by atoms with Crippen molar-refractivity contribution in [3.63, 3.8) is 0 Å². The van der Waals surface area contributed by atoms with Crippen LogP contribution in [0.25, 0.3) is 0 Å². The lowest BCUT2D eigenvalue weighted by molar-refractivity contribution is -0.185. The molecule has 2 aromatic carbocycles. The molecule has 0 radical (unpaired) electrons. The van der Waals surface area contributed by atoms with E-state index in [1.165, 1.54) is 12.1 Å². The van der Waals surface area contributed by atoms with E-state index in [2.05, 4.69) is 23.8 Å². The molecule has 30 heavy (non-hydrogen) atoms. The molecule has 1 nitrogen and oxygen atoms in total. The number of hydrogen-bond donors (Lipinski definition) is 0. The second kappa shape index (κ2) is 9.63. The highest BCUT2D eigenvalue weighted by atomic mass is 19.3. The van der Waals surface area contributed by atoms with Crippen LogP contribution in [0.3, 0.4) is 0 Å². The summed E-state index contributed by atoms with van der Waals surface area (Å²) in [4.78, 5) is 0. The molecular formula is C24H25F5O. The van der Waals surface area contributed by atoms with Crippen molar-refractivity contribution in [3.05, 3.63) is 77.1 Å². The van der Waals surface area contributed by atoms with Crippen molar-refractivity contribution in [2.75, 3.05) is 0 Å². The highest BCUT2D eigenvalue weighted by Gasteiger charge is 2.35. The number of benzene rings is 2. The average molecular weight is 424 g/mol. The van der Waals surface area contributed by atoms with E-state index < -0.39 is 34.9 Å². The smallest absolute Gasteiger partial charge is 0.426 e. The normalized spacial score (nSPS) is 19.9. The van der Waals surface area contributed by atoms with Gasteiger partial charge in [0.2, 0.25) is 0 Å². The SMILES string of the molecule is CCCC=CC1CCC(c2ccc(C(F)(F)Oc3cc(F)c(F)c(F)c3)cc2)CC1. The monoisotopic (exact) mass is 424 g/mol. The van der Waals surface area contributed by atoms with E-state index >= 15 is 0 Å². The van der Waals surface area contributed by atoms with Crippen molar-refractivity contribution in [1.29, 1.82) is 0 Å². The molecule has 0 N–H and O–H groups in total. The summed E-state index contributed by atoms with van der Waals surface area (Å²) >= 11 is 0. The third-order valence-electron chi connectivity index (χ3n) is 5.56. The Morgan fingerprint density at radius 1 is 0.967 bits per heavy atom. The molecule has 1 aliphatic rings. The zero-order valence-corrected chi connectivity index (χ0v) is 16.8. The van der Waals surface area contributed by atoms with E-state index in [4.69, 9.17) is 0 Å². The molecule has 2 aromatic rings. The van der Waals surface area contributed by atoms with Crippen LogP contribution in [0.4, 0.5) is 22.0 Å². The van der Waals surface area contributed by atoms with Gasteiger partial charge in [-0.05, 0) is 61.6 Å². The summed E-state index contributed by atoms with van der Waals surface area (Å²) in [5, 5.41) is 0. The molecule has 0 saturated heterocycles. The largest absolute Gasteiger partial charge is 0.429 e. The summed E-state index contributed by atoms with van der Waals surface area (Å²) in [5.74, 6) is -4.78. The lowest BCUT2D eigenvalue weighted by Gasteiger charge is -2.27. The Balaban J connectivity index is 1.63. The fourth-order valence-electron chi connectivity index (χ4n) is 3.85.